The first kappa shape index (κ1) is 18.9. The van der Waals surface area contributed by atoms with E-state index in [9.17, 15) is 26.4 Å². The summed E-state index contributed by atoms with van der Waals surface area (Å²) in [5, 5.41) is 0. The molecule has 0 aliphatic rings. The first-order chi connectivity index (χ1) is 11.6. The molecule has 0 saturated carbocycles. The van der Waals surface area contributed by atoms with Gasteiger partial charge in [0.1, 0.15) is 6.61 Å². The third-order valence-electron chi connectivity index (χ3n) is 3.35. The second-order valence-electron chi connectivity index (χ2n) is 4.96. The Morgan fingerprint density at radius 3 is 2.24 bits per heavy atom. The van der Waals surface area contributed by atoms with Crippen LogP contribution in [0.15, 0.2) is 53.4 Å². The number of carbonyl (C=O) groups is 1. The van der Waals surface area contributed by atoms with Crippen LogP contribution < -0.4 is 4.72 Å². The van der Waals surface area contributed by atoms with Crippen molar-refractivity contribution in [2.24, 2.45) is 0 Å². The number of sulfonamides is 1. The van der Waals surface area contributed by atoms with Crippen molar-refractivity contribution in [1.29, 1.82) is 0 Å². The molecule has 0 aliphatic heterocycles. The molecule has 0 spiro atoms. The van der Waals surface area contributed by atoms with E-state index in [1.807, 2.05) is 0 Å². The van der Waals surface area contributed by atoms with E-state index in [0.717, 1.165) is 6.07 Å². The SMILES string of the molecule is CNS(=O)(=O)c1ccc(C(=O)OCc2ccccc2C(F)(F)F)cc1. The summed E-state index contributed by atoms with van der Waals surface area (Å²) >= 11 is 0. The predicted octanol–water partition coefficient (Wildman–Crippen LogP) is 2.97. The fourth-order valence-electron chi connectivity index (χ4n) is 2.04. The molecule has 0 heterocycles. The maximum atomic E-state index is 12.9. The number of hydrogen-bond donors (Lipinski definition) is 1. The van der Waals surface area contributed by atoms with Crippen LogP contribution in [0, 0.1) is 0 Å². The van der Waals surface area contributed by atoms with E-state index in [-0.39, 0.29) is 16.0 Å². The van der Waals surface area contributed by atoms with Gasteiger partial charge in [0.2, 0.25) is 10.0 Å². The van der Waals surface area contributed by atoms with Crippen molar-refractivity contribution in [3.05, 3.63) is 65.2 Å². The van der Waals surface area contributed by atoms with Gasteiger partial charge in [-0.3, -0.25) is 0 Å². The van der Waals surface area contributed by atoms with Gasteiger partial charge in [-0.15, -0.1) is 0 Å². The van der Waals surface area contributed by atoms with Crippen LogP contribution in [-0.4, -0.2) is 21.4 Å². The maximum Gasteiger partial charge on any atom is 0.416 e. The fraction of sp³-hybridized carbons (Fsp3) is 0.188. The molecule has 0 saturated heterocycles. The molecule has 0 amide bonds. The summed E-state index contributed by atoms with van der Waals surface area (Å²) in [6.45, 7) is -0.551. The van der Waals surface area contributed by atoms with E-state index in [0.29, 0.717) is 0 Å². The lowest BCUT2D eigenvalue weighted by Gasteiger charge is -2.13. The average molecular weight is 373 g/mol. The molecule has 2 aromatic carbocycles. The van der Waals surface area contributed by atoms with E-state index in [4.69, 9.17) is 4.74 Å². The van der Waals surface area contributed by atoms with E-state index in [1.54, 1.807) is 0 Å². The van der Waals surface area contributed by atoms with Crippen LogP contribution in [-0.2, 0) is 27.5 Å². The van der Waals surface area contributed by atoms with E-state index in [1.165, 1.54) is 49.5 Å². The van der Waals surface area contributed by atoms with Crippen LogP contribution in [0.2, 0.25) is 0 Å². The number of nitrogens with one attached hydrogen (secondary N) is 1. The average Bonchev–Trinajstić information content (AvgIpc) is 2.59. The first-order valence-electron chi connectivity index (χ1n) is 7.01. The number of esters is 1. The Hall–Kier alpha value is -2.39. The number of benzene rings is 2. The fourth-order valence-corrected chi connectivity index (χ4v) is 2.77. The molecule has 2 rings (SSSR count). The van der Waals surface area contributed by atoms with E-state index >= 15 is 0 Å². The molecular formula is C16H14F3NO4S. The van der Waals surface area contributed by atoms with Crippen LogP contribution in [0.1, 0.15) is 21.5 Å². The quantitative estimate of drug-likeness (QED) is 0.818. The monoisotopic (exact) mass is 373 g/mol. The van der Waals surface area contributed by atoms with Gasteiger partial charge in [-0.2, -0.15) is 13.2 Å². The highest BCUT2D eigenvalue weighted by Gasteiger charge is 2.33. The Balaban J connectivity index is 2.12. The van der Waals surface area contributed by atoms with Crippen LogP contribution in [0.5, 0.6) is 0 Å². The van der Waals surface area contributed by atoms with E-state index in [2.05, 4.69) is 4.72 Å². The van der Waals surface area contributed by atoms with Crippen LogP contribution in [0.3, 0.4) is 0 Å². The zero-order chi connectivity index (χ0) is 18.7. The molecule has 5 nitrogen and oxygen atoms in total. The minimum absolute atomic E-state index is 0.0274. The largest absolute Gasteiger partial charge is 0.457 e. The topological polar surface area (TPSA) is 72.5 Å². The van der Waals surface area contributed by atoms with E-state index < -0.39 is 34.3 Å². The smallest absolute Gasteiger partial charge is 0.416 e. The molecular weight excluding hydrogens is 359 g/mol. The third kappa shape index (κ3) is 4.58. The summed E-state index contributed by atoms with van der Waals surface area (Å²) in [4.78, 5) is 11.9. The summed E-state index contributed by atoms with van der Waals surface area (Å²) < 4.78 is 68.8. The summed E-state index contributed by atoms with van der Waals surface area (Å²) in [5.74, 6) is -0.856. The molecule has 0 bridgehead atoms. The molecule has 25 heavy (non-hydrogen) atoms. The second kappa shape index (κ2) is 7.24. The highest BCUT2D eigenvalue weighted by atomic mass is 32.2. The van der Waals surface area contributed by atoms with Gasteiger partial charge >= 0.3 is 12.1 Å². The van der Waals surface area contributed by atoms with Crippen molar-refractivity contribution < 1.29 is 31.1 Å². The molecule has 0 unspecified atom stereocenters. The zero-order valence-corrected chi connectivity index (χ0v) is 13.8. The molecule has 1 N–H and O–H groups in total. The Kier molecular flexibility index (Phi) is 5.48. The van der Waals surface area contributed by atoms with Gasteiger partial charge in [0.25, 0.3) is 0 Å². The van der Waals surface area contributed by atoms with Crippen LogP contribution >= 0.6 is 0 Å². The zero-order valence-electron chi connectivity index (χ0n) is 13.0. The molecule has 0 aromatic heterocycles. The highest BCUT2D eigenvalue weighted by molar-refractivity contribution is 7.89. The number of alkyl halides is 3. The molecule has 0 atom stereocenters. The van der Waals surface area contributed by atoms with Crippen molar-refractivity contribution in [2.45, 2.75) is 17.7 Å². The Bertz CT molecular complexity index is 862. The lowest BCUT2D eigenvalue weighted by atomic mass is 10.1. The van der Waals surface area contributed by atoms with Gasteiger partial charge in [0.05, 0.1) is 16.0 Å². The van der Waals surface area contributed by atoms with Crippen molar-refractivity contribution in [3.63, 3.8) is 0 Å². The molecule has 0 aliphatic carbocycles. The third-order valence-corrected chi connectivity index (χ3v) is 4.78. The van der Waals surface area contributed by atoms with Gasteiger partial charge < -0.3 is 4.74 Å². The van der Waals surface area contributed by atoms with Gasteiger partial charge in [-0.25, -0.2) is 17.9 Å². The summed E-state index contributed by atoms with van der Waals surface area (Å²) in [7, 11) is -2.40. The molecule has 9 heteroatoms. The van der Waals surface area contributed by atoms with Gasteiger partial charge in [-0.05, 0) is 37.4 Å². The highest BCUT2D eigenvalue weighted by Crippen LogP contribution is 2.32. The predicted molar refractivity (Wildman–Crippen MR) is 83.3 cm³/mol. The molecule has 0 fully saturated rings. The number of hydrogen-bond acceptors (Lipinski definition) is 4. The maximum absolute atomic E-state index is 12.9. The first-order valence-corrected chi connectivity index (χ1v) is 8.49. The number of rotatable bonds is 5. The lowest BCUT2D eigenvalue weighted by Crippen LogP contribution is -2.18. The van der Waals surface area contributed by atoms with Gasteiger partial charge in [0, 0.05) is 5.56 Å². The normalized spacial score (nSPS) is 12.0. The summed E-state index contributed by atoms with van der Waals surface area (Å²) in [6, 6.07) is 9.63. The van der Waals surface area contributed by atoms with Crippen molar-refractivity contribution in [1.82, 2.24) is 4.72 Å². The number of carbonyl (C=O) groups excluding carboxylic acids is 1. The van der Waals surface area contributed by atoms with Gasteiger partial charge in [0.15, 0.2) is 0 Å². The molecule has 0 radical (unpaired) electrons. The Labute approximate surface area is 142 Å². The Morgan fingerprint density at radius 2 is 1.68 bits per heavy atom. The number of halogens is 3. The van der Waals surface area contributed by atoms with Crippen molar-refractivity contribution in [3.8, 4) is 0 Å². The molecule has 2 aromatic rings. The lowest BCUT2D eigenvalue weighted by molar-refractivity contribution is -0.138. The van der Waals surface area contributed by atoms with Crippen LogP contribution in [0.25, 0.3) is 0 Å². The minimum atomic E-state index is -4.55. The summed E-state index contributed by atoms with van der Waals surface area (Å²) in [6.07, 6.45) is -4.55. The summed E-state index contributed by atoms with van der Waals surface area (Å²) in [5.41, 5.74) is -1.02. The van der Waals surface area contributed by atoms with Gasteiger partial charge in [-0.1, -0.05) is 18.2 Å². The Morgan fingerprint density at radius 1 is 1.08 bits per heavy atom. The van der Waals surface area contributed by atoms with Crippen LogP contribution in [0.4, 0.5) is 13.2 Å². The minimum Gasteiger partial charge on any atom is -0.457 e. The number of ether oxygens (including phenoxy) is 1. The standard InChI is InChI=1S/C16H14F3NO4S/c1-20-25(22,23)13-8-6-11(7-9-13)15(21)24-10-12-4-2-3-5-14(12)16(17,18)19/h2-9,20H,10H2,1H3. The second-order valence-corrected chi connectivity index (χ2v) is 6.85. The molecule has 134 valence electrons. The van der Waals surface area contributed by atoms with Crippen molar-refractivity contribution >= 4 is 16.0 Å². The van der Waals surface area contributed by atoms with Crippen molar-refractivity contribution in [2.75, 3.05) is 7.05 Å².